The van der Waals surface area contributed by atoms with Crippen LogP contribution >= 0.6 is 23.2 Å². The maximum absolute atomic E-state index is 12.3. The summed E-state index contributed by atoms with van der Waals surface area (Å²) in [6.07, 6.45) is 1.87. The monoisotopic (exact) mass is 624 g/mol. The summed E-state index contributed by atoms with van der Waals surface area (Å²) in [6, 6.07) is 21.7. The molecule has 9 heteroatoms. The number of carboxylic acids is 1. The van der Waals surface area contributed by atoms with Crippen molar-refractivity contribution < 1.29 is 24.5 Å². The second-order valence-corrected chi connectivity index (χ2v) is 13.0. The van der Waals surface area contributed by atoms with E-state index in [0.29, 0.717) is 21.2 Å². The summed E-state index contributed by atoms with van der Waals surface area (Å²) < 4.78 is 5.38. The lowest BCUT2D eigenvalue weighted by Crippen LogP contribution is -2.14. The van der Waals surface area contributed by atoms with Gasteiger partial charge in [-0.05, 0) is 42.1 Å². The van der Waals surface area contributed by atoms with E-state index in [1.165, 1.54) is 0 Å². The summed E-state index contributed by atoms with van der Waals surface area (Å²) in [7, 11) is 0. The van der Waals surface area contributed by atoms with Crippen LogP contribution in [0.4, 0.5) is 0 Å². The fraction of sp³-hybridized carbons (Fsp3) is 0.412. The number of carboxylic acid groups (broad SMARTS) is 1. The molecule has 2 unspecified atom stereocenters. The van der Waals surface area contributed by atoms with Crippen molar-refractivity contribution in [3.8, 4) is 12.1 Å². The molecule has 4 rings (SSSR count). The maximum Gasteiger partial charge on any atom is 0.311 e. The van der Waals surface area contributed by atoms with Crippen LogP contribution in [0.25, 0.3) is 0 Å². The van der Waals surface area contributed by atoms with Crippen molar-refractivity contribution in [1.29, 1.82) is 10.5 Å². The quantitative estimate of drug-likeness (QED) is 0.236. The standard InChI is InChI=1S/C17H18ClNO2.C9H13ClO2.C8H7NO/c1-11(18)9-13-15(17(13,2)3)16(20)21-14(10-19)12-7-5-4-6-8-12;1-5(10)4-6-7(8(11)12)9(6,2)3;9-6-8(10)7-4-2-1-3-5-7/h4-9,13-15H,1-3H3;4,6-7H,1-3H3,(H,11,12);1-5,8,10H/b11-9-;5-4-;/t13-,14?,15-;6-,7-;/m11./s1. The molecule has 6 atom stereocenters. The van der Waals surface area contributed by atoms with E-state index in [2.05, 4.69) is 0 Å². The Kier molecular flexibility index (Phi) is 12.6. The Morgan fingerprint density at radius 3 is 1.60 bits per heavy atom. The molecule has 0 spiro atoms. The van der Waals surface area contributed by atoms with E-state index in [0.717, 1.165) is 0 Å². The average molecular weight is 626 g/mol. The van der Waals surface area contributed by atoms with Crippen LogP contribution < -0.4 is 0 Å². The highest BCUT2D eigenvalue weighted by Crippen LogP contribution is 2.60. The van der Waals surface area contributed by atoms with E-state index in [4.69, 9.17) is 43.4 Å². The highest BCUT2D eigenvalue weighted by atomic mass is 35.5. The zero-order valence-corrected chi connectivity index (χ0v) is 26.7. The number of halogens is 2. The first kappa shape index (κ1) is 35.6. The van der Waals surface area contributed by atoms with Gasteiger partial charge >= 0.3 is 11.9 Å². The van der Waals surface area contributed by atoms with Gasteiger partial charge in [0.15, 0.2) is 6.10 Å². The van der Waals surface area contributed by atoms with Crippen LogP contribution in [-0.4, -0.2) is 22.2 Å². The number of hydrogen-bond acceptors (Lipinski definition) is 6. The number of hydrogen-bond donors (Lipinski definition) is 2. The summed E-state index contributed by atoms with van der Waals surface area (Å²) in [5.74, 6) is -1.39. The summed E-state index contributed by atoms with van der Waals surface area (Å²) in [6.45, 7) is 11.5. The lowest BCUT2D eigenvalue weighted by Gasteiger charge is -2.11. The molecule has 2 aromatic carbocycles. The van der Waals surface area contributed by atoms with E-state index in [9.17, 15) is 14.9 Å². The number of ether oxygens (including phenoxy) is 1. The van der Waals surface area contributed by atoms with E-state index >= 15 is 0 Å². The average Bonchev–Trinajstić information content (AvgIpc) is 3.72. The van der Waals surface area contributed by atoms with Crippen molar-refractivity contribution in [2.24, 2.45) is 34.5 Å². The molecule has 0 radical (unpaired) electrons. The Hall–Kier alpha value is -3.62. The van der Waals surface area contributed by atoms with Crippen molar-refractivity contribution in [2.45, 2.75) is 53.8 Å². The molecule has 0 aliphatic heterocycles. The van der Waals surface area contributed by atoms with E-state index < -0.39 is 18.2 Å². The van der Waals surface area contributed by atoms with Crippen LogP contribution in [-0.2, 0) is 14.3 Å². The SMILES string of the molecule is C/C(Cl)=C/[C@@H]1[C@H](C(=O)O)C1(C)C.C/C(Cl)=C/[C@@H]1[C@H](C(=O)OC(C#N)c2ccccc2)C1(C)C.N#CC(O)c1ccccc1. The number of allylic oxidation sites excluding steroid dienone is 4. The molecular formula is C34H38Cl2N2O5. The Morgan fingerprint density at radius 1 is 0.814 bits per heavy atom. The van der Waals surface area contributed by atoms with Gasteiger partial charge in [-0.15, -0.1) is 0 Å². The first-order valence-electron chi connectivity index (χ1n) is 13.8. The molecule has 2 aliphatic carbocycles. The minimum Gasteiger partial charge on any atom is -0.481 e. The van der Waals surface area contributed by atoms with Crippen LogP contribution in [0.5, 0.6) is 0 Å². The number of nitriles is 2. The zero-order valence-electron chi connectivity index (χ0n) is 25.2. The number of rotatable bonds is 7. The molecule has 0 heterocycles. The maximum atomic E-state index is 12.3. The zero-order chi connectivity index (χ0) is 32.5. The second-order valence-electron chi connectivity index (χ2n) is 11.8. The van der Waals surface area contributed by atoms with Crippen LogP contribution in [0, 0.1) is 57.2 Å². The predicted octanol–water partition coefficient (Wildman–Crippen LogP) is 7.94. The number of nitrogens with zero attached hydrogens (tertiary/aromatic N) is 2. The van der Waals surface area contributed by atoms with Crippen molar-refractivity contribution in [3.05, 3.63) is 94.0 Å². The molecule has 0 bridgehead atoms. The minimum atomic E-state index is -0.985. The number of aliphatic hydroxyl groups is 1. The van der Waals surface area contributed by atoms with Gasteiger partial charge in [-0.25, -0.2) is 0 Å². The molecule has 2 N–H and O–H groups in total. The van der Waals surface area contributed by atoms with Crippen molar-refractivity contribution in [1.82, 2.24) is 0 Å². The third-order valence-corrected chi connectivity index (χ3v) is 8.10. The van der Waals surface area contributed by atoms with Gasteiger partial charge in [0.05, 0.1) is 17.9 Å². The highest BCUT2D eigenvalue weighted by Gasteiger charge is 2.62. The van der Waals surface area contributed by atoms with Gasteiger partial charge < -0.3 is 14.9 Å². The van der Waals surface area contributed by atoms with Gasteiger partial charge in [0, 0.05) is 15.6 Å². The van der Waals surface area contributed by atoms with E-state index in [-0.39, 0.29) is 40.5 Å². The Balaban J connectivity index is 0.000000248. The third-order valence-electron chi connectivity index (χ3n) is 7.85. The van der Waals surface area contributed by atoms with Crippen molar-refractivity contribution in [2.75, 3.05) is 0 Å². The minimum absolute atomic E-state index is 0.0672. The normalized spacial score (nSPS) is 24.2. The molecule has 0 aromatic heterocycles. The number of esters is 1. The van der Waals surface area contributed by atoms with Crippen molar-refractivity contribution in [3.63, 3.8) is 0 Å². The molecule has 2 fully saturated rings. The first-order chi connectivity index (χ1) is 20.1. The van der Waals surface area contributed by atoms with Gasteiger partial charge in [-0.1, -0.05) is 124 Å². The van der Waals surface area contributed by atoms with Crippen LogP contribution in [0.1, 0.15) is 64.9 Å². The molecule has 7 nitrogen and oxygen atoms in total. The van der Waals surface area contributed by atoms with E-state index in [1.54, 1.807) is 56.3 Å². The topological polar surface area (TPSA) is 131 Å². The first-order valence-corrected chi connectivity index (χ1v) is 14.5. The Bertz CT molecular complexity index is 1400. The third kappa shape index (κ3) is 9.70. The molecule has 2 aromatic rings. The van der Waals surface area contributed by atoms with Crippen LogP contribution in [0.3, 0.4) is 0 Å². The summed E-state index contributed by atoms with van der Waals surface area (Å²) in [5.41, 5.74) is 1.03. The molecular weight excluding hydrogens is 587 g/mol. The molecule has 0 saturated heterocycles. The number of aliphatic hydroxyl groups excluding tert-OH is 1. The Morgan fingerprint density at radius 2 is 1.23 bits per heavy atom. The van der Waals surface area contributed by atoms with Gasteiger partial charge in [0.1, 0.15) is 6.07 Å². The summed E-state index contributed by atoms with van der Waals surface area (Å²) in [4.78, 5) is 23.0. The van der Waals surface area contributed by atoms with E-state index in [1.807, 2.05) is 70.2 Å². The van der Waals surface area contributed by atoms with Gasteiger partial charge in [0.25, 0.3) is 0 Å². The lowest BCUT2D eigenvalue weighted by atomic mass is 10.1. The lowest BCUT2D eigenvalue weighted by molar-refractivity contribution is -0.149. The second kappa shape index (κ2) is 15.2. The van der Waals surface area contributed by atoms with Crippen LogP contribution in [0.2, 0.25) is 0 Å². The number of benzene rings is 2. The fourth-order valence-corrected chi connectivity index (χ4v) is 5.36. The highest BCUT2D eigenvalue weighted by molar-refractivity contribution is 6.29. The van der Waals surface area contributed by atoms with Gasteiger partial charge in [-0.2, -0.15) is 10.5 Å². The molecule has 43 heavy (non-hydrogen) atoms. The molecule has 0 amide bonds. The fourth-order valence-electron chi connectivity index (χ4n) is 5.09. The summed E-state index contributed by atoms with van der Waals surface area (Å²) in [5, 5.41) is 36.6. The largest absolute Gasteiger partial charge is 0.481 e. The van der Waals surface area contributed by atoms with Crippen molar-refractivity contribution >= 4 is 35.1 Å². The van der Waals surface area contributed by atoms with Gasteiger partial charge in [0.2, 0.25) is 6.10 Å². The molecule has 228 valence electrons. The smallest absolute Gasteiger partial charge is 0.311 e. The Labute approximate surface area is 264 Å². The number of carbonyl (C=O) groups is 2. The number of aliphatic carboxylic acids is 1. The van der Waals surface area contributed by atoms with Crippen LogP contribution in [0.15, 0.2) is 82.9 Å². The summed E-state index contributed by atoms with van der Waals surface area (Å²) >= 11 is 11.6. The number of carbonyl (C=O) groups excluding carboxylic acids is 1. The van der Waals surface area contributed by atoms with Gasteiger partial charge in [-0.3, -0.25) is 9.59 Å². The predicted molar refractivity (Wildman–Crippen MR) is 166 cm³/mol. The molecule has 2 aliphatic rings. The molecule has 2 saturated carbocycles.